The summed E-state index contributed by atoms with van der Waals surface area (Å²) in [5.74, 6) is 0.806. The van der Waals surface area contributed by atoms with Gasteiger partial charge in [-0.2, -0.15) is 0 Å². The number of nitrogens with one attached hydrogen (secondary N) is 1. The van der Waals surface area contributed by atoms with Crippen LogP contribution in [0.4, 0.5) is 0 Å². The van der Waals surface area contributed by atoms with Gasteiger partial charge in [-0.25, -0.2) is 4.98 Å². The highest BCUT2D eigenvalue weighted by Gasteiger charge is 2.18. The van der Waals surface area contributed by atoms with Gasteiger partial charge in [0.05, 0.1) is 29.5 Å². The number of methoxy groups -OCH3 is 1. The summed E-state index contributed by atoms with van der Waals surface area (Å²) in [4.78, 5) is 44.3. The number of aromatic nitrogens is 2. The standard InChI is InChI=1S/C30H31N3O4S/c1-18(2)16-31-28(35)21-8-13-24-26(15-21)32-30(33(29(24)36)22-9-11-23(37-5)12-10-22)38-17-27(34)25-14-19(3)6-7-20(25)4/h6-15,18H,16-17H2,1-5H3,(H,31,35). The molecule has 4 aromatic rings. The molecule has 3 aromatic carbocycles. The lowest BCUT2D eigenvalue weighted by Gasteiger charge is -2.14. The second-order valence-electron chi connectivity index (χ2n) is 9.60. The SMILES string of the molecule is COc1ccc(-n2c(SCC(=O)c3cc(C)ccc3C)nc3cc(C(=O)NCC(C)C)ccc3c2=O)cc1. The predicted molar refractivity (Wildman–Crippen MR) is 152 cm³/mol. The summed E-state index contributed by atoms with van der Waals surface area (Å²) in [5.41, 5.74) is 3.71. The van der Waals surface area contributed by atoms with Gasteiger partial charge in [-0.3, -0.25) is 19.0 Å². The molecule has 0 fully saturated rings. The Labute approximate surface area is 226 Å². The average molecular weight is 530 g/mol. The predicted octanol–water partition coefficient (Wildman–Crippen LogP) is 5.37. The molecule has 0 aliphatic rings. The maximum Gasteiger partial charge on any atom is 0.266 e. The Hall–Kier alpha value is -3.91. The number of hydrogen-bond donors (Lipinski definition) is 1. The van der Waals surface area contributed by atoms with Crippen molar-refractivity contribution in [2.24, 2.45) is 5.92 Å². The van der Waals surface area contributed by atoms with E-state index < -0.39 is 0 Å². The topological polar surface area (TPSA) is 90.3 Å². The van der Waals surface area contributed by atoms with Crippen LogP contribution in [0.15, 0.2) is 70.6 Å². The summed E-state index contributed by atoms with van der Waals surface area (Å²) in [6.07, 6.45) is 0. The van der Waals surface area contributed by atoms with E-state index in [1.165, 1.54) is 16.3 Å². The molecule has 0 saturated carbocycles. The molecule has 0 aliphatic heterocycles. The van der Waals surface area contributed by atoms with Crippen LogP contribution in [0.2, 0.25) is 0 Å². The van der Waals surface area contributed by atoms with Crippen LogP contribution in [-0.2, 0) is 0 Å². The van der Waals surface area contributed by atoms with Gasteiger partial charge in [-0.1, -0.05) is 43.3 Å². The maximum atomic E-state index is 13.7. The molecule has 4 rings (SSSR count). The molecule has 0 spiro atoms. The number of benzene rings is 3. The number of Topliss-reactive ketones (excluding diaryl/α,β-unsaturated/α-hetero) is 1. The van der Waals surface area contributed by atoms with Crippen LogP contribution in [0, 0.1) is 19.8 Å². The third-order valence-corrected chi connectivity index (χ3v) is 7.07. The Kier molecular flexibility index (Phi) is 8.32. The van der Waals surface area contributed by atoms with Gasteiger partial charge in [0.1, 0.15) is 5.75 Å². The zero-order valence-electron chi connectivity index (χ0n) is 22.2. The van der Waals surface area contributed by atoms with Crippen molar-refractivity contribution in [2.45, 2.75) is 32.9 Å². The quantitative estimate of drug-likeness (QED) is 0.178. The van der Waals surface area contributed by atoms with E-state index in [9.17, 15) is 14.4 Å². The molecule has 8 heteroatoms. The summed E-state index contributed by atoms with van der Waals surface area (Å²) in [7, 11) is 1.58. The Bertz CT molecular complexity index is 1560. The summed E-state index contributed by atoms with van der Waals surface area (Å²) >= 11 is 1.20. The van der Waals surface area contributed by atoms with E-state index in [1.807, 2.05) is 45.9 Å². The number of thioether (sulfide) groups is 1. The van der Waals surface area contributed by atoms with Crippen molar-refractivity contribution in [3.8, 4) is 11.4 Å². The molecule has 38 heavy (non-hydrogen) atoms. The van der Waals surface area contributed by atoms with Gasteiger partial charge >= 0.3 is 0 Å². The number of nitrogens with zero attached hydrogens (tertiary/aromatic N) is 2. The first-order chi connectivity index (χ1) is 18.2. The molecule has 0 unspecified atom stereocenters. The number of carbonyl (C=O) groups excluding carboxylic acids is 2. The lowest BCUT2D eigenvalue weighted by Crippen LogP contribution is -2.27. The highest BCUT2D eigenvalue weighted by molar-refractivity contribution is 7.99. The smallest absolute Gasteiger partial charge is 0.266 e. The molecule has 0 aliphatic carbocycles. The second-order valence-corrected chi connectivity index (χ2v) is 10.5. The number of amides is 1. The maximum absolute atomic E-state index is 13.7. The fourth-order valence-corrected chi connectivity index (χ4v) is 4.90. The van der Waals surface area contributed by atoms with Gasteiger partial charge < -0.3 is 10.1 Å². The minimum Gasteiger partial charge on any atom is -0.497 e. The van der Waals surface area contributed by atoms with Crippen molar-refractivity contribution in [2.75, 3.05) is 19.4 Å². The number of carbonyl (C=O) groups is 2. The van der Waals surface area contributed by atoms with Crippen LogP contribution in [0.3, 0.4) is 0 Å². The first-order valence-corrected chi connectivity index (χ1v) is 13.4. The third-order valence-electron chi connectivity index (χ3n) is 6.13. The van der Waals surface area contributed by atoms with E-state index in [0.29, 0.717) is 51.1 Å². The lowest BCUT2D eigenvalue weighted by atomic mass is 10.0. The Morgan fingerprint density at radius 2 is 1.76 bits per heavy atom. The van der Waals surface area contributed by atoms with Gasteiger partial charge in [0, 0.05) is 17.7 Å². The van der Waals surface area contributed by atoms with E-state index in [4.69, 9.17) is 9.72 Å². The first kappa shape index (κ1) is 27.1. The summed E-state index contributed by atoms with van der Waals surface area (Å²) < 4.78 is 6.77. The minimum atomic E-state index is -0.281. The molecular formula is C30H31N3O4S. The molecule has 1 heterocycles. The zero-order chi connectivity index (χ0) is 27.4. The fourth-order valence-electron chi connectivity index (χ4n) is 4.01. The van der Waals surface area contributed by atoms with Crippen molar-refractivity contribution < 1.29 is 14.3 Å². The largest absolute Gasteiger partial charge is 0.497 e. The number of ether oxygens (including phenoxy) is 1. The molecule has 0 radical (unpaired) electrons. The van der Waals surface area contributed by atoms with Crippen LogP contribution in [-0.4, -0.2) is 40.6 Å². The molecule has 0 atom stereocenters. The van der Waals surface area contributed by atoms with E-state index >= 15 is 0 Å². The average Bonchev–Trinajstić information content (AvgIpc) is 2.91. The minimum absolute atomic E-state index is 0.0476. The van der Waals surface area contributed by atoms with E-state index in [-0.39, 0.29) is 23.0 Å². The summed E-state index contributed by atoms with van der Waals surface area (Å²) in [5, 5.41) is 3.64. The van der Waals surface area contributed by atoms with Crippen LogP contribution in [0.5, 0.6) is 5.75 Å². The van der Waals surface area contributed by atoms with E-state index in [2.05, 4.69) is 5.32 Å². The van der Waals surface area contributed by atoms with Gasteiger partial charge in [0.25, 0.3) is 11.5 Å². The summed E-state index contributed by atoms with van der Waals surface area (Å²) in [6, 6.07) is 17.8. The highest BCUT2D eigenvalue weighted by Crippen LogP contribution is 2.25. The van der Waals surface area contributed by atoms with Gasteiger partial charge in [0.15, 0.2) is 10.9 Å². The molecule has 0 bridgehead atoms. The molecule has 196 valence electrons. The number of aryl methyl sites for hydroxylation is 2. The molecule has 7 nitrogen and oxygen atoms in total. The Morgan fingerprint density at radius 1 is 1.03 bits per heavy atom. The van der Waals surface area contributed by atoms with Crippen molar-refractivity contribution in [1.82, 2.24) is 14.9 Å². The van der Waals surface area contributed by atoms with Gasteiger partial charge in [-0.05, 0) is 73.9 Å². The van der Waals surface area contributed by atoms with Crippen molar-refractivity contribution in [3.05, 3.63) is 93.3 Å². The fraction of sp³-hybridized carbons (Fsp3) is 0.267. The molecule has 1 amide bonds. The number of fused-ring (bicyclic) bond motifs is 1. The highest BCUT2D eigenvalue weighted by atomic mass is 32.2. The third kappa shape index (κ3) is 5.97. The van der Waals surface area contributed by atoms with Crippen LogP contribution in [0.25, 0.3) is 16.6 Å². The second kappa shape index (κ2) is 11.6. The van der Waals surface area contributed by atoms with Gasteiger partial charge in [-0.15, -0.1) is 0 Å². The Morgan fingerprint density at radius 3 is 2.45 bits per heavy atom. The number of rotatable bonds is 9. The molecule has 1 N–H and O–H groups in total. The van der Waals surface area contributed by atoms with Gasteiger partial charge in [0.2, 0.25) is 0 Å². The van der Waals surface area contributed by atoms with E-state index in [0.717, 1.165) is 11.1 Å². The monoisotopic (exact) mass is 529 g/mol. The zero-order valence-corrected chi connectivity index (χ0v) is 23.0. The van der Waals surface area contributed by atoms with Crippen molar-refractivity contribution >= 4 is 34.4 Å². The molecule has 0 saturated heterocycles. The summed E-state index contributed by atoms with van der Waals surface area (Å²) in [6.45, 7) is 8.44. The number of hydrogen-bond acceptors (Lipinski definition) is 6. The lowest BCUT2D eigenvalue weighted by molar-refractivity contribution is 0.0948. The molecular weight excluding hydrogens is 498 g/mol. The van der Waals surface area contributed by atoms with Crippen molar-refractivity contribution in [3.63, 3.8) is 0 Å². The first-order valence-electron chi connectivity index (χ1n) is 12.4. The normalized spacial score (nSPS) is 11.1. The van der Waals surface area contributed by atoms with Crippen molar-refractivity contribution in [1.29, 1.82) is 0 Å². The molecule has 1 aromatic heterocycles. The van der Waals surface area contributed by atoms with Crippen LogP contribution >= 0.6 is 11.8 Å². The van der Waals surface area contributed by atoms with Crippen LogP contribution < -0.4 is 15.6 Å². The number of ketones is 1. The van der Waals surface area contributed by atoms with E-state index in [1.54, 1.807) is 49.6 Å². The van der Waals surface area contributed by atoms with Crippen LogP contribution in [0.1, 0.15) is 45.7 Å². The Balaban J connectivity index is 1.77.